The van der Waals surface area contributed by atoms with Gasteiger partial charge in [-0.3, -0.25) is 9.36 Å². The number of nitrogens with zero attached hydrogens (tertiary/aromatic N) is 1. The fourth-order valence-electron chi connectivity index (χ4n) is 2.02. The largest absolute Gasteiger partial charge is 0.419 e. The first-order valence-electron chi connectivity index (χ1n) is 6.47. The van der Waals surface area contributed by atoms with Crippen LogP contribution in [0.25, 0.3) is 11.1 Å². The number of ketones is 1. The van der Waals surface area contributed by atoms with Gasteiger partial charge in [0.25, 0.3) is 0 Å². The van der Waals surface area contributed by atoms with E-state index in [2.05, 4.69) is 0 Å². The molecule has 0 radical (unpaired) electrons. The molecule has 0 N–H and O–H groups in total. The highest BCUT2D eigenvalue weighted by Gasteiger charge is 2.39. The molecule has 7 heteroatoms. The lowest BCUT2D eigenvalue weighted by Gasteiger charge is -2.20. The van der Waals surface area contributed by atoms with Gasteiger partial charge < -0.3 is 4.42 Å². The Morgan fingerprint density at radius 2 is 1.95 bits per heavy atom. The normalized spacial score (nSPS) is 12.8. The van der Waals surface area contributed by atoms with Gasteiger partial charge in [-0.05, 0) is 39.0 Å². The third-order valence-corrected chi connectivity index (χ3v) is 5.76. The highest BCUT2D eigenvalue weighted by atomic mass is 32.2. The maximum Gasteiger partial charge on any atom is 0.419 e. The van der Waals surface area contributed by atoms with Crippen molar-refractivity contribution < 1.29 is 17.6 Å². The van der Waals surface area contributed by atoms with Gasteiger partial charge in [0, 0.05) is 18.4 Å². The molecule has 2 aromatic rings. The van der Waals surface area contributed by atoms with E-state index in [1.165, 1.54) is 30.5 Å². The lowest BCUT2D eigenvalue weighted by Crippen LogP contribution is -2.39. The van der Waals surface area contributed by atoms with Crippen LogP contribution < -0.4 is 5.76 Å². The summed E-state index contributed by atoms with van der Waals surface area (Å²) in [5.41, 5.74) is 1.06. The molecule has 1 heterocycles. The molecule has 21 heavy (non-hydrogen) atoms. The predicted octanol–water partition coefficient (Wildman–Crippen LogP) is 1.62. The number of aromatic nitrogens is 1. The Labute approximate surface area is 122 Å². The zero-order chi connectivity index (χ0) is 16.0. The van der Waals surface area contributed by atoms with Crippen molar-refractivity contribution in [2.45, 2.75) is 32.1 Å². The van der Waals surface area contributed by atoms with Gasteiger partial charge in [-0.25, -0.2) is 13.2 Å². The average molecular weight is 311 g/mol. The monoisotopic (exact) mass is 311 g/mol. The summed E-state index contributed by atoms with van der Waals surface area (Å²) in [4.78, 5) is 24.0. The molecule has 114 valence electrons. The number of oxazole rings is 1. The van der Waals surface area contributed by atoms with E-state index in [-0.39, 0.29) is 11.1 Å². The van der Waals surface area contributed by atoms with Gasteiger partial charge in [0.2, 0.25) is 0 Å². The van der Waals surface area contributed by atoms with Crippen molar-refractivity contribution in [1.82, 2.24) is 4.57 Å². The molecule has 0 aliphatic heterocycles. The standard InChI is InChI=1S/C14H17NO5S/c1-5-15-10-7-6-9(8-11(10)20-13(15)17)12(16)14(2,3)21(4,18)19/h6-8H,5H2,1-4H3. The quantitative estimate of drug-likeness (QED) is 0.801. The number of rotatable bonds is 4. The number of aryl methyl sites for hydroxylation is 1. The number of hydrogen-bond acceptors (Lipinski definition) is 5. The lowest BCUT2D eigenvalue weighted by atomic mass is 10.00. The average Bonchev–Trinajstić information content (AvgIpc) is 2.70. The van der Waals surface area contributed by atoms with Crippen molar-refractivity contribution in [2.75, 3.05) is 6.26 Å². The summed E-state index contributed by atoms with van der Waals surface area (Å²) >= 11 is 0. The SMILES string of the molecule is CCn1c(=O)oc2cc(C(=O)C(C)(C)S(C)(=O)=O)ccc21. The van der Waals surface area contributed by atoms with Gasteiger partial charge in [0.05, 0.1) is 5.52 Å². The first-order valence-corrected chi connectivity index (χ1v) is 8.36. The highest BCUT2D eigenvalue weighted by molar-refractivity contribution is 7.92. The fraction of sp³-hybridized carbons (Fsp3) is 0.429. The third-order valence-electron chi connectivity index (χ3n) is 3.72. The predicted molar refractivity (Wildman–Crippen MR) is 79.4 cm³/mol. The van der Waals surface area contributed by atoms with E-state index in [0.29, 0.717) is 12.1 Å². The van der Waals surface area contributed by atoms with Crippen LogP contribution in [0.5, 0.6) is 0 Å². The minimum absolute atomic E-state index is 0.204. The number of fused-ring (bicyclic) bond motifs is 1. The maximum absolute atomic E-state index is 12.4. The second-order valence-corrected chi connectivity index (χ2v) is 7.97. The van der Waals surface area contributed by atoms with E-state index in [9.17, 15) is 18.0 Å². The van der Waals surface area contributed by atoms with Crippen LogP contribution in [0.2, 0.25) is 0 Å². The Hall–Kier alpha value is -1.89. The second kappa shape index (κ2) is 4.84. The second-order valence-electron chi connectivity index (χ2n) is 5.41. The maximum atomic E-state index is 12.4. The Morgan fingerprint density at radius 3 is 2.48 bits per heavy atom. The zero-order valence-electron chi connectivity index (χ0n) is 12.3. The van der Waals surface area contributed by atoms with Crippen LogP contribution in [-0.4, -0.2) is 29.8 Å². The molecule has 2 rings (SSSR count). The molecule has 0 spiro atoms. The summed E-state index contributed by atoms with van der Waals surface area (Å²) in [6, 6.07) is 4.52. The molecule has 1 aromatic heterocycles. The van der Waals surface area contributed by atoms with Crippen molar-refractivity contribution in [3.8, 4) is 0 Å². The van der Waals surface area contributed by atoms with Crippen LogP contribution in [0, 0.1) is 0 Å². The molecule has 0 fully saturated rings. The third kappa shape index (κ3) is 2.42. The van der Waals surface area contributed by atoms with Gasteiger partial charge >= 0.3 is 5.76 Å². The van der Waals surface area contributed by atoms with Crippen LogP contribution in [0.3, 0.4) is 0 Å². The topological polar surface area (TPSA) is 86.3 Å². The number of hydrogen-bond donors (Lipinski definition) is 0. The summed E-state index contributed by atoms with van der Waals surface area (Å²) in [5.74, 6) is -1.03. The smallest absolute Gasteiger partial charge is 0.408 e. The van der Waals surface area contributed by atoms with Crippen LogP contribution >= 0.6 is 0 Å². The first-order chi connectivity index (χ1) is 9.59. The van der Waals surface area contributed by atoms with Gasteiger partial charge in [0.15, 0.2) is 21.2 Å². The van der Waals surface area contributed by atoms with Crippen molar-refractivity contribution in [3.63, 3.8) is 0 Å². The molecule has 6 nitrogen and oxygen atoms in total. The minimum Gasteiger partial charge on any atom is -0.408 e. The van der Waals surface area contributed by atoms with Crippen molar-refractivity contribution in [2.24, 2.45) is 0 Å². The van der Waals surface area contributed by atoms with Gasteiger partial charge in [0.1, 0.15) is 4.75 Å². The number of carbonyl (C=O) groups is 1. The summed E-state index contributed by atoms with van der Waals surface area (Å²) in [5, 5.41) is 0. The lowest BCUT2D eigenvalue weighted by molar-refractivity contribution is 0.0954. The molecule has 0 bridgehead atoms. The van der Waals surface area contributed by atoms with E-state index in [0.717, 1.165) is 6.26 Å². The molecule has 0 unspecified atom stereocenters. The molecule has 0 aliphatic rings. The fourth-order valence-corrected chi connectivity index (χ4v) is 2.48. The van der Waals surface area contributed by atoms with Gasteiger partial charge in [-0.2, -0.15) is 0 Å². The Kier molecular flexibility index (Phi) is 3.57. The summed E-state index contributed by atoms with van der Waals surface area (Å²) in [6.45, 7) is 4.99. The van der Waals surface area contributed by atoms with Crippen LogP contribution in [0.1, 0.15) is 31.1 Å². The number of carbonyl (C=O) groups excluding carboxylic acids is 1. The van der Waals surface area contributed by atoms with E-state index < -0.39 is 26.1 Å². The van der Waals surface area contributed by atoms with Crippen molar-refractivity contribution in [1.29, 1.82) is 0 Å². The van der Waals surface area contributed by atoms with Crippen LogP contribution in [0.4, 0.5) is 0 Å². The molecular formula is C14H17NO5S. The van der Waals surface area contributed by atoms with Crippen molar-refractivity contribution in [3.05, 3.63) is 34.3 Å². The summed E-state index contributed by atoms with van der Waals surface area (Å²) in [7, 11) is -3.56. The Balaban J connectivity index is 2.59. The van der Waals surface area contributed by atoms with E-state index in [1.54, 1.807) is 6.07 Å². The van der Waals surface area contributed by atoms with Crippen molar-refractivity contribution >= 4 is 26.7 Å². The molecule has 0 saturated carbocycles. The van der Waals surface area contributed by atoms with Crippen LogP contribution in [-0.2, 0) is 16.4 Å². The Morgan fingerprint density at radius 1 is 1.33 bits per heavy atom. The Bertz CT molecular complexity index is 870. The van der Waals surface area contributed by atoms with Gasteiger partial charge in [-0.15, -0.1) is 0 Å². The van der Waals surface area contributed by atoms with E-state index >= 15 is 0 Å². The summed E-state index contributed by atoms with van der Waals surface area (Å²) in [6.07, 6.45) is 1.02. The number of sulfone groups is 1. The molecule has 1 aromatic carbocycles. The zero-order valence-corrected chi connectivity index (χ0v) is 13.2. The molecular weight excluding hydrogens is 294 g/mol. The van der Waals surface area contributed by atoms with Crippen LogP contribution in [0.15, 0.2) is 27.4 Å². The molecule has 0 atom stereocenters. The minimum atomic E-state index is -3.56. The number of Topliss-reactive ketones (excluding diaryl/α,β-unsaturated/α-hetero) is 1. The van der Waals surface area contributed by atoms with E-state index in [4.69, 9.17) is 4.42 Å². The highest BCUT2D eigenvalue weighted by Crippen LogP contribution is 2.24. The first kappa shape index (κ1) is 15.5. The number of benzene rings is 1. The molecule has 0 aliphatic carbocycles. The molecule has 0 amide bonds. The van der Waals surface area contributed by atoms with Gasteiger partial charge in [-0.1, -0.05) is 0 Å². The summed E-state index contributed by atoms with van der Waals surface area (Å²) < 4.78 is 28.5. The van der Waals surface area contributed by atoms with E-state index in [1.807, 2.05) is 6.92 Å². The molecule has 0 saturated heterocycles.